The van der Waals surface area contributed by atoms with Gasteiger partial charge in [-0.15, -0.1) is 0 Å². The van der Waals surface area contributed by atoms with E-state index in [9.17, 15) is 17.6 Å². The summed E-state index contributed by atoms with van der Waals surface area (Å²) in [6.07, 6.45) is 2.94. The van der Waals surface area contributed by atoms with Gasteiger partial charge in [0.25, 0.3) is 15.9 Å². The molecule has 1 atom stereocenters. The number of amides is 1. The summed E-state index contributed by atoms with van der Waals surface area (Å²) < 4.78 is 45.7. The molecule has 11 heteroatoms. The molecule has 33 heavy (non-hydrogen) atoms. The van der Waals surface area contributed by atoms with E-state index in [0.29, 0.717) is 11.3 Å². The smallest absolute Gasteiger partial charge is 0.261 e. The van der Waals surface area contributed by atoms with Gasteiger partial charge in [0.15, 0.2) is 0 Å². The first-order valence-electron chi connectivity index (χ1n) is 9.75. The zero-order valence-corrected chi connectivity index (χ0v) is 18.1. The molecule has 1 unspecified atom stereocenters. The number of sulfonamides is 1. The lowest BCUT2D eigenvalue weighted by molar-refractivity contribution is 0.0932. The second-order valence-corrected chi connectivity index (χ2v) is 8.71. The van der Waals surface area contributed by atoms with E-state index in [1.165, 1.54) is 73.1 Å². The minimum absolute atomic E-state index is 0.00440. The van der Waals surface area contributed by atoms with Crippen LogP contribution in [-0.4, -0.2) is 29.4 Å². The Labute approximate surface area is 188 Å². The van der Waals surface area contributed by atoms with Crippen LogP contribution in [0.2, 0.25) is 0 Å². The maximum absolute atomic E-state index is 13.1. The van der Waals surface area contributed by atoms with Crippen molar-refractivity contribution in [2.45, 2.75) is 17.9 Å². The predicted octanol–water partition coefficient (Wildman–Crippen LogP) is 3.56. The van der Waals surface area contributed by atoms with Crippen LogP contribution in [-0.2, 0) is 10.0 Å². The number of pyridine rings is 1. The molecule has 0 radical (unpaired) electrons. The number of aromatic nitrogens is 3. The van der Waals surface area contributed by atoms with E-state index >= 15 is 0 Å². The second-order valence-electron chi connectivity index (χ2n) is 7.02. The highest BCUT2D eigenvalue weighted by Crippen LogP contribution is 2.20. The minimum Gasteiger partial charge on any atom is -0.341 e. The molecule has 0 spiro atoms. The molecule has 2 aromatic carbocycles. The predicted molar refractivity (Wildman–Crippen MR) is 117 cm³/mol. The van der Waals surface area contributed by atoms with Gasteiger partial charge in [-0.1, -0.05) is 5.16 Å². The summed E-state index contributed by atoms with van der Waals surface area (Å²) in [5.41, 5.74) is 1.20. The van der Waals surface area contributed by atoms with Crippen molar-refractivity contribution in [1.29, 1.82) is 0 Å². The van der Waals surface area contributed by atoms with Crippen LogP contribution >= 0.6 is 0 Å². The van der Waals surface area contributed by atoms with E-state index in [4.69, 9.17) is 4.52 Å². The van der Waals surface area contributed by atoms with Crippen molar-refractivity contribution in [3.8, 4) is 11.4 Å². The zero-order chi connectivity index (χ0) is 23.4. The van der Waals surface area contributed by atoms with Gasteiger partial charge in [-0.3, -0.25) is 14.5 Å². The molecule has 9 nitrogen and oxygen atoms in total. The van der Waals surface area contributed by atoms with Crippen molar-refractivity contribution in [2.75, 3.05) is 4.72 Å². The van der Waals surface area contributed by atoms with Crippen LogP contribution in [0.5, 0.6) is 0 Å². The Hall–Kier alpha value is -4.12. The van der Waals surface area contributed by atoms with Crippen LogP contribution in [0.3, 0.4) is 0 Å². The van der Waals surface area contributed by atoms with Crippen molar-refractivity contribution in [2.24, 2.45) is 0 Å². The zero-order valence-electron chi connectivity index (χ0n) is 17.3. The molecule has 1 amide bonds. The van der Waals surface area contributed by atoms with Crippen molar-refractivity contribution >= 4 is 21.6 Å². The normalized spacial score (nSPS) is 12.2. The molecule has 0 bridgehead atoms. The third-order valence-corrected chi connectivity index (χ3v) is 6.02. The molecule has 4 rings (SSSR count). The molecule has 0 aliphatic carbocycles. The summed E-state index contributed by atoms with van der Waals surface area (Å²) in [4.78, 5) is 20.7. The van der Waals surface area contributed by atoms with Gasteiger partial charge in [0.2, 0.25) is 11.7 Å². The second kappa shape index (κ2) is 9.17. The number of nitrogens with zero attached hydrogens (tertiary/aromatic N) is 3. The number of carbonyl (C=O) groups excluding carboxylic acids is 1. The summed E-state index contributed by atoms with van der Waals surface area (Å²) >= 11 is 0. The lowest BCUT2D eigenvalue weighted by Crippen LogP contribution is -2.27. The van der Waals surface area contributed by atoms with Crippen molar-refractivity contribution in [1.82, 2.24) is 20.4 Å². The molecule has 0 saturated heterocycles. The van der Waals surface area contributed by atoms with E-state index in [0.717, 1.165) is 0 Å². The van der Waals surface area contributed by atoms with Crippen molar-refractivity contribution < 1.29 is 22.1 Å². The summed E-state index contributed by atoms with van der Waals surface area (Å²) in [5.74, 6) is -0.393. The van der Waals surface area contributed by atoms with Gasteiger partial charge in [0.05, 0.1) is 10.6 Å². The third kappa shape index (κ3) is 5.21. The fourth-order valence-corrected chi connectivity index (χ4v) is 3.95. The standard InChI is InChI=1S/C22H18FN5O4S/c1-14(22-26-20(27-32-22)15-2-6-17(23)7-3-15)25-21(29)16-4-8-19(9-5-16)33(30,31)28-18-10-12-24-13-11-18/h2-14H,1H3,(H,24,28)(H,25,29). The summed E-state index contributed by atoms with van der Waals surface area (Å²) in [6.45, 7) is 1.66. The van der Waals surface area contributed by atoms with Crippen molar-refractivity contribution in [3.63, 3.8) is 0 Å². The average Bonchev–Trinajstić information content (AvgIpc) is 3.30. The van der Waals surface area contributed by atoms with Crippen LogP contribution in [0.15, 0.2) is 82.5 Å². The number of hydrogen-bond donors (Lipinski definition) is 2. The molecule has 2 heterocycles. The molecule has 4 aromatic rings. The minimum atomic E-state index is -3.81. The highest BCUT2D eigenvalue weighted by atomic mass is 32.2. The van der Waals surface area contributed by atoms with Crippen LogP contribution in [0.4, 0.5) is 10.1 Å². The molecular weight excluding hydrogens is 449 g/mol. The number of rotatable bonds is 7. The molecule has 0 aliphatic heterocycles. The fourth-order valence-electron chi connectivity index (χ4n) is 2.89. The first-order valence-corrected chi connectivity index (χ1v) is 11.2. The first-order chi connectivity index (χ1) is 15.8. The van der Waals surface area contributed by atoms with Crippen LogP contribution < -0.4 is 10.0 Å². The van der Waals surface area contributed by atoms with Gasteiger partial charge >= 0.3 is 0 Å². The summed E-state index contributed by atoms with van der Waals surface area (Å²) in [6, 6.07) is 13.5. The van der Waals surface area contributed by atoms with Gasteiger partial charge in [0, 0.05) is 23.5 Å². The maximum atomic E-state index is 13.1. The van der Waals surface area contributed by atoms with Gasteiger partial charge in [0.1, 0.15) is 11.9 Å². The Morgan fingerprint density at radius 3 is 2.33 bits per heavy atom. The maximum Gasteiger partial charge on any atom is 0.261 e. The van der Waals surface area contributed by atoms with E-state index in [1.807, 2.05) is 0 Å². The van der Waals surface area contributed by atoms with Crippen LogP contribution in [0.25, 0.3) is 11.4 Å². The van der Waals surface area contributed by atoms with Crippen LogP contribution in [0, 0.1) is 5.82 Å². The summed E-state index contributed by atoms with van der Waals surface area (Å²) in [5, 5.41) is 6.57. The van der Waals surface area contributed by atoms with E-state index < -0.39 is 22.0 Å². The van der Waals surface area contributed by atoms with E-state index in [-0.39, 0.29) is 28.0 Å². The lowest BCUT2D eigenvalue weighted by Gasteiger charge is -2.11. The molecule has 168 valence electrons. The van der Waals surface area contributed by atoms with Gasteiger partial charge in [-0.2, -0.15) is 4.98 Å². The Morgan fingerprint density at radius 2 is 1.67 bits per heavy atom. The first kappa shape index (κ1) is 22.1. The SMILES string of the molecule is CC(NC(=O)c1ccc(S(=O)(=O)Nc2ccncc2)cc1)c1nc(-c2ccc(F)cc2)no1. The number of anilines is 1. The quantitative estimate of drug-likeness (QED) is 0.425. The third-order valence-electron chi connectivity index (χ3n) is 4.62. The Morgan fingerprint density at radius 1 is 1.00 bits per heavy atom. The monoisotopic (exact) mass is 467 g/mol. The van der Waals surface area contributed by atoms with E-state index in [2.05, 4.69) is 25.2 Å². The number of benzene rings is 2. The molecule has 0 aliphatic rings. The molecule has 2 aromatic heterocycles. The fraction of sp³-hybridized carbons (Fsp3) is 0.0909. The Kier molecular flexibility index (Phi) is 6.13. The Bertz CT molecular complexity index is 1360. The highest BCUT2D eigenvalue weighted by molar-refractivity contribution is 7.92. The largest absolute Gasteiger partial charge is 0.341 e. The number of halogens is 1. The molecule has 0 fully saturated rings. The summed E-state index contributed by atoms with van der Waals surface area (Å²) in [7, 11) is -3.81. The van der Waals surface area contributed by atoms with Crippen LogP contribution in [0.1, 0.15) is 29.2 Å². The molecule has 2 N–H and O–H groups in total. The number of nitrogens with one attached hydrogen (secondary N) is 2. The van der Waals surface area contributed by atoms with Gasteiger partial charge < -0.3 is 9.84 Å². The topological polar surface area (TPSA) is 127 Å². The lowest BCUT2D eigenvalue weighted by atomic mass is 10.2. The molecular formula is C22H18FN5O4S. The highest BCUT2D eigenvalue weighted by Gasteiger charge is 2.19. The number of carbonyl (C=O) groups is 1. The molecule has 0 saturated carbocycles. The van der Waals surface area contributed by atoms with Crippen molar-refractivity contribution in [3.05, 3.63) is 90.3 Å². The van der Waals surface area contributed by atoms with E-state index in [1.54, 1.807) is 6.92 Å². The van der Waals surface area contributed by atoms with Gasteiger partial charge in [-0.25, -0.2) is 12.8 Å². The number of hydrogen-bond acceptors (Lipinski definition) is 7. The van der Waals surface area contributed by atoms with Gasteiger partial charge in [-0.05, 0) is 67.6 Å². The average molecular weight is 467 g/mol. The Balaban J connectivity index is 1.42.